The van der Waals surface area contributed by atoms with Crippen LogP contribution in [0.4, 0.5) is 16.2 Å². The van der Waals surface area contributed by atoms with E-state index in [2.05, 4.69) is 15.6 Å². The second-order valence-corrected chi connectivity index (χ2v) is 5.87. The maximum Gasteiger partial charge on any atom is 0.327 e. The number of benzene rings is 2. The van der Waals surface area contributed by atoms with Gasteiger partial charge in [0.2, 0.25) is 0 Å². The van der Waals surface area contributed by atoms with Crippen molar-refractivity contribution in [3.63, 3.8) is 0 Å². The summed E-state index contributed by atoms with van der Waals surface area (Å²) < 4.78 is 0. The van der Waals surface area contributed by atoms with E-state index in [0.29, 0.717) is 35.9 Å². The van der Waals surface area contributed by atoms with Gasteiger partial charge in [-0.15, -0.1) is 0 Å². The van der Waals surface area contributed by atoms with Crippen LogP contribution in [-0.2, 0) is 0 Å². The molecule has 0 aromatic heterocycles. The van der Waals surface area contributed by atoms with Gasteiger partial charge in [-0.2, -0.15) is 0 Å². The number of amides is 3. The number of aryl methyl sites for hydroxylation is 1. The highest BCUT2D eigenvalue weighted by Crippen LogP contribution is 2.28. The number of amidine groups is 1. The molecule has 6 heteroatoms. The number of fused-ring (bicyclic) bond motifs is 3. The quantitative estimate of drug-likeness (QED) is 0.893. The summed E-state index contributed by atoms with van der Waals surface area (Å²) in [5.41, 5.74) is 3.86. The molecule has 2 aromatic carbocycles. The second-order valence-electron chi connectivity index (χ2n) is 5.87. The van der Waals surface area contributed by atoms with Gasteiger partial charge in [-0.1, -0.05) is 17.7 Å². The smallest absolute Gasteiger partial charge is 0.322 e. The van der Waals surface area contributed by atoms with Crippen molar-refractivity contribution >= 4 is 29.1 Å². The number of hydrogen-bond donors (Lipinski definition) is 2. The van der Waals surface area contributed by atoms with E-state index in [-0.39, 0.29) is 11.9 Å². The summed E-state index contributed by atoms with van der Waals surface area (Å²) in [5.74, 6) is 0.504. The lowest BCUT2D eigenvalue weighted by molar-refractivity contribution is 0.102. The molecule has 2 N–H and O–H groups in total. The Balaban J connectivity index is 1.63. The monoisotopic (exact) mass is 320 g/mol. The highest BCUT2D eigenvalue weighted by Gasteiger charge is 2.31. The predicted octanol–water partition coefficient (Wildman–Crippen LogP) is 2.86. The molecule has 4 rings (SSSR count). The Morgan fingerprint density at radius 3 is 2.96 bits per heavy atom. The minimum absolute atomic E-state index is 0.157. The van der Waals surface area contributed by atoms with Crippen LogP contribution in [0.5, 0.6) is 0 Å². The maximum atomic E-state index is 12.4. The van der Waals surface area contributed by atoms with Crippen LogP contribution in [0, 0.1) is 6.92 Å². The van der Waals surface area contributed by atoms with E-state index in [1.165, 1.54) is 0 Å². The van der Waals surface area contributed by atoms with Gasteiger partial charge >= 0.3 is 6.03 Å². The molecule has 2 aliphatic heterocycles. The highest BCUT2D eigenvalue weighted by atomic mass is 16.2. The van der Waals surface area contributed by atoms with Crippen LogP contribution in [0.25, 0.3) is 0 Å². The molecule has 0 atom stereocenters. The van der Waals surface area contributed by atoms with Crippen molar-refractivity contribution in [3.8, 4) is 0 Å². The second kappa shape index (κ2) is 5.49. The molecule has 0 aliphatic carbocycles. The van der Waals surface area contributed by atoms with Crippen molar-refractivity contribution in [2.75, 3.05) is 23.7 Å². The minimum Gasteiger partial charge on any atom is -0.322 e. The Labute approximate surface area is 139 Å². The van der Waals surface area contributed by atoms with Crippen molar-refractivity contribution in [3.05, 3.63) is 59.2 Å². The number of anilines is 2. The zero-order valence-corrected chi connectivity index (χ0v) is 13.2. The molecule has 0 unspecified atom stereocenters. The number of urea groups is 1. The van der Waals surface area contributed by atoms with Gasteiger partial charge in [0.05, 0.1) is 12.2 Å². The summed E-state index contributed by atoms with van der Waals surface area (Å²) in [6.45, 7) is 3.13. The average Bonchev–Trinajstić information content (AvgIpc) is 3.06. The molecule has 2 heterocycles. The Morgan fingerprint density at radius 2 is 2.12 bits per heavy atom. The molecule has 24 heavy (non-hydrogen) atoms. The fourth-order valence-corrected chi connectivity index (χ4v) is 2.96. The fraction of sp³-hybridized carbons (Fsp3) is 0.167. The van der Waals surface area contributed by atoms with Crippen LogP contribution in [-0.4, -0.2) is 35.8 Å². The summed E-state index contributed by atoms with van der Waals surface area (Å²) in [5, 5.41) is 5.75. The number of carbonyl (C=O) groups is 2. The van der Waals surface area contributed by atoms with Gasteiger partial charge in [-0.05, 0) is 37.3 Å². The highest BCUT2D eigenvalue weighted by molar-refractivity contribution is 6.19. The summed E-state index contributed by atoms with van der Waals surface area (Å²) in [6.07, 6.45) is 0. The molecule has 3 amide bonds. The molecule has 120 valence electrons. The molecule has 0 radical (unpaired) electrons. The molecule has 0 spiro atoms. The minimum atomic E-state index is -0.163. The molecule has 6 nitrogen and oxygen atoms in total. The third-order valence-electron chi connectivity index (χ3n) is 4.13. The van der Waals surface area contributed by atoms with Gasteiger partial charge in [0.1, 0.15) is 5.84 Å². The number of nitrogens with zero attached hydrogens (tertiary/aromatic N) is 2. The number of carbonyl (C=O) groups excluding carboxylic acids is 2. The van der Waals surface area contributed by atoms with E-state index in [4.69, 9.17) is 0 Å². The van der Waals surface area contributed by atoms with Crippen LogP contribution in [0.1, 0.15) is 21.5 Å². The zero-order chi connectivity index (χ0) is 16.7. The summed E-state index contributed by atoms with van der Waals surface area (Å²) in [6, 6.07) is 12.7. The van der Waals surface area contributed by atoms with Gasteiger partial charge < -0.3 is 10.6 Å². The number of aliphatic imine (C=N–C) groups is 1. The van der Waals surface area contributed by atoms with Crippen molar-refractivity contribution in [2.24, 2.45) is 4.99 Å². The first-order chi connectivity index (χ1) is 11.6. The zero-order valence-electron chi connectivity index (χ0n) is 13.2. The fourth-order valence-electron chi connectivity index (χ4n) is 2.96. The number of nitrogens with one attached hydrogen (secondary N) is 2. The predicted molar refractivity (Wildman–Crippen MR) is 92.7 cm³/mol. The van der Waals surface area contributed by atoms with Crippen LogP contribution in [0.3, 0.4) is 0 Å². The molecule has 0 saturated carbocycles. The van der Waals surface area contributed by atoms with E-state index in [9.17, 15) is 9.59 Å². The molecule has 0 saturated heterocycles. The van der Waals surface area contributed by atoms with Gasteiger partial charge in [0.15, 0.2) is 0 Å². The van der Waals surface area contributed by atoms with Crippen molar-refractivity contribution < 1.29 is 9.59 Å². The summed E-state index contributed by atoms with van der Waals surface area (Å²) >= 11 is 0. The van der Waals surface area contributed by atoms with Gasteiger partial charge in [-0.25, -0.2) is 4.79 Å². The third-order valence-corrected chi connectivity index (χ3v) is 4.13. The number of hydrogen-bond acceptors (Lipinski definition) is 3. The average molecular weight is 320 g/mol. The van der Waals surface area contributed by atoms with E-state index in [1.807, 2.05) is 31.2 Å². The van der Waals surface area contributed by atoms with Crippen molar-refractivity contribution in [1.29, 1.82) is 0 Å². The SMILES string of the molecule is Cc1cccc(C(=O)Nc2ccc3c(c2)C2=NCCN2C(=O)N3)c1. The van der Waals surface area contributed by atoms with Crippen LogP contribution in [0.2, 0.25) is 0 Å². The van der Waals surface area contributed by atoms with Gasteiger partial charge in [0, 0.05) is 23.4 Å². The molecule has 2 aliphatic rings. The van der Waals surface area contributed by atoms with E-state index in [0.717, 1.165) is 11.1 Å². The summed E-state index contributed by atoms with van der Waals surface area (Å²) in [4.78, 5) is 30.4. The lowest BCUT2D eigenvalue weighted by Crippen LogP contribution is -2.42. The molecular formula is C18H16N4O2. The van der Waals surface area contributed by atoms with Gasteiger partial charge in [-0.3, -0.25) is 14.7 Å². The Kier molecular flexibility index (Phi) is 3.30. The Hall–Kier alpha value is -3.15. The van der Waals surface area contributed by atoms with Crippen LogP contribution >= 0.6 is 0 Å². The lowest BCUT2D eigenvalue weighted by Gasteiger charge is -2.26. The maximum absolute atomic E-state index is 12.4. The number of rotatable bonds is 2. The van der Waals surface area contributed by atoms with Crippen molar-refractivity contribution in [2.45, 2.75) is 6.92 Å². The Morgan fingerprint density at radius 1 is 1.25 bits per heavy atom. The van der Waals surface area contributed by atoms with E-state index in [1.54, 1.807) is 23.1 Å². The third kappa shape index (κ3) is 2.42. The largest absolute Gasteiger partial charge is 0.327 e. The first-order valence-corrected chi connectivity index (χ1v) is 7.77. The first kappa shape index (κ1) is 14.4. The lowest BCUT2D eigenvalue weighted by atomic mass is 10.1. The van der Waals surface area contributed by atoms with Crippen LogP contribution < -0.4 is 10.6 Å². The first-order valence-electron chi connectivity index (χ1n) is 7.77. The van der Waals surface area contributed by atoms with Crippen molar-refractivity contribution in [1.82, 2.24) is 4.90 Å². The standard InChI is InChI=1S/C18H16N4O2/c1-11-3-2-4-12(9-11)17(23)20-13-5-6-15-14(10-13)16-19-7-8-22(16)18(24)21-15/h2-6,9-10H,7-8H2,1H3,(H,20,23)(H,21,24). The van der Waals surface area contributed by atoms with E-state index < -0.39 is 0 Å². The normalized spacial score (nSPS) is 15.3. The summed E-state index contributed by atoms with van der Waals surface area (Å²) in [7, 11) is 0. The van der Waals surface area contributed by atoms with Gasteiger partial charge in [0.25, 0.3) is 5.91 Å². The van der Waals surface area contributed by atoms with E-state index >= 15 is 0 Å². The molecule has 2 aromatic rings. The Bertz CT molecular complexity index is 888. The topological polar surface area (TPSA) is 73.8 Å². The molecular weight excluding hydrogens is 304 g/mol. The van der Waals surface area contributed by atoms with Crippen LogP contribution in [0.15, 0.2) is 47.5 Å². The molecule has 0 fully saturated rings. The molecule has 0 bridgehead atoms.